The summed E-state index contributed by atoms with van der Waals surface area (Å²) in [5.41, 5.74) is 8.61. The number of benzene rings is 1. The second kappa shape index (κ2) is 5.60. The number of nitrogens with two attached hydrogens (primary N) is 1. The predicted molar refractivity (Wildman–Crippen MR) is 71.9 cm³/mol. The van der Waals surface area contributed by atoms with Gasteiger partial charge in [-0.2, -0.15) is 4.98 Å². The Kier molecular flexibility index (Phi) is 4.03. The average Bonchev–Trinajstić information content (AvgIpc) is 2.78. The molecule has 100 valence electrons. The summed E-state index contributed by atoms with van der Waals surface area (Å²) in [5.74, 6) is -0.987. The van der Waals surface area contributed by atoms with Crippen molar-refractivity contribution in [2.75, 3.05) is 5.73 Å². The van der Waals surface area contributed by atoms with E-state index >= 15 is 0 Å². The van der Waals surface area contributed by atoms with Crippen molar-refractivity contribution in [3.63, 3.8) is 0 Å². The van der Waals surface area contributed by atoms with Gasteiger partial charge in [0.25, 0.3) is 0 Å². The summed E-state index contributed by atoms with van der Waals surface area (Å²) < 4.78 is 1.56. The van der Waals surface area contributed by atoms with E-state index in [1.165, 1.54) is 0 Å². The largest absolute Gasteiger partial charge is 1.00 e. The van der Waals surface area contributed by atoms with Crippen molar-refractivity contribution in [2.24, 2.45) is 0 Å². The molecule has 2 aromatic heterocycles. The number of nitrogen functional groups attached to an aromatic ring is 1. The van der Waals surface area contributed by atoms with Crippen LogP contribution in [0.2, 0.25) is 0 Å². The molecular weight excluding hydrogens is 263 g/mol. The fraction of sp³-hybridized carbons (Fsp3) is 0.0714. The SMILES string of the molecule is Cc1ccc(-c2ccn3nc(N)nc3c2)cc1C(=O)[O-].[Li+]. The monoisotopic (exact) mass is 274 g/mol. The van der Waals surface area contributed by atoms with Crippen molar-refractivity contribution in [3.05, 3.63) is 47.7 Å². The van der Waals surface area contributed by atoms with Crippen LogP contribution in [0.15, 0.2) is 36.5 Å². The second-order valence-corrected chi connectivity index (χ2v) is 4.51. The smallest absolute Gasteiger partial charge is 0.545 e. The third-order valence-electron chi connectivity index (χ3n) is 3.14. The molecule has 0 fully saturated rings. The van der Waals surface area contributed by atoms with Crippen LogP contribution < -0.4 is 29.7 Å². The zero-order valence-corrected chi connectivity index (χ0v) is 11.7. The summed E-state index contributed by atoms with van der Waals surface area (Å²) in [6.45, 7) is 1.73. The number of hydrogen-bond acceptors (Lipinski definition) is 5. The number of carboxylic acids is 1. The number of hydrogen-bond donors (Lipinski definition) is 1. The first-order valence-electron chi connectivity index (χ1n) is 5.99. The van der Waals surface area contributed by atoms with Crippen LogP contribution in [0.1, 0.15) is 15.9 Å². The summed E-state index contributed by atoms with van der Waals surface area (Å²) in [7, 11) is 0. The Morgan fingerprint density at radius 1 is 1.24 bits per heavy atom. The third-order valence-corrected chi connectivity index (χ3v) is 3.14. The minimum absolute atomic E-state index is 0. The Bertz CT molecular complexity index is 829. The molecule has 21 heavy (non-hydrogen) atoms. The van der Waals surface area contributed by atoms with Crippen LogP contribution in [-0.4, -0.2) is 20.6 Å². The van der Waals surface area contributed by atoms with Gasteiger partial charge in [0.05, 0.1) is 5.97 Å². The van der Waals surface area contributed by atoms with Crippen LogP contribution in [0.3, 0.4) is 0 Å². The summed E-state index contributed by atoms with van der Waals surface area (Å²) in [6, 6.07) is 8.82. The predicted octanol–water partition coefficient (Wildman–Crippen LogP) is -2.35. The fourth-order valence-electron chi connectivity index (χ4n) is 2.10. The van der Waals surface area contributed by atoms with Crippen molar-refractivity contribution >= 4 is 17.6 Å². The van der Waals surface area contributed by atoms with Crippen molar-refractivity contribution < 1.29 is 28.8 Å². The molecule has 3 aromatic rings. The Morgan fingerprint density at radius 3 is 2.67 bits per heavy atom. The Hall–Kier alpha value is -2.29. The molecule has 0 atom stereocenters. The molecule has 0 aliphatic rings. The van der Waals surface area contributed by atoms with E-state index in [-0.39, 0.29) is 30.4 Å². The van der Waals surface area contributed by atoms with Crippen LogP contribution in [0.5, 0.6) is 0 Å². The first kappa shape index (κ1) is 15.1. The molecule has 2 heterocycles. The number of nitrogens with zero attached hydrogens (tertiary/aromatic N) is 3. The number of anilines is 1. The maximum atomic E-state index is 11.1. The number of fused-ring (bicyclic) bond motifs is 1. The molecule has 1 aromatic carbocycles. The van der Waals surface area contributed by atoms with E-state index in [2.05, 4.69) is 10.1 Å². The molecule has 6 nitrogen and oxygen atoms in total. The molecule has 3 rings (SSSR count). The van der Waals surface area contributed by atoms with Gasteiger partial charge in [0, 0.05) is 11.8 Å². The maximum Gasteiger partial charge on any atom is 1.00 e. The van der Waals surface area contributed by atoms with Gasteiger partial charge in [-0.25, -0.2) is 4.52 Å². The summed E-state index contributed by atoms with van der Waals surface area (Å²) >= 11 is 0. The molecule has 0 radical (unpaired) electrons. The molecule has 0 bridgehead atoms. The van der Waals surface area contributed by atoms with E-state index < -0.39 is 5.97 Å². The van der Waals surface area contributed by atoms with Crippen molar-refractivity contribution in [1.29, 1.82) is 0 Å². The molecule has 0 aliphatic carbocycles. The number of aryl methyl sites for hydroxylation is 1. The number of aromatic carboxylic acids is 1. The summed E-state index contributed by atoms with van der Waals surface area (Å²) in [5, 5.41) is 15.1. The van der Waals surface area contributed by atoms with Gasteiger partial charge < -0.3 is 15.6 Å². The normalized spacial score (nSPS) is 10.3. The number of aromatic nitrogens is 3. The minimum Gasteiger partial charge on any atom is -0.545 e. The molecule has 0 saturated heterocycles. The molecule has 2 N–H and O–H groups in total. The molecule has 0 saturated carbocycles. The van der Waals surface area contributed by atoms with Crippen molar-refractivity contribution in [2.45, 2.75) is 6.92 Å². The number of carboxylic acid groups (broad SMARTS) is 1. The van der Waals surface area contributed by atoms with Gasteiger partial charge in [-0.05, 0) is 41.8 Å². The zero-order valence-electron chi connectivity index (χ0n) is 11.7. The number of rotatable bonds is 2. The second-order valence-electron chi connectivity index (χ2n) is 4.51. The van der Waals surface area contributed by atoms with Crippen LogP contribution in [0.25, 0.3) is 16.8 Å². The molecule has 0 aliphatic heterocycles. The standard InChI is InChI=1S/C14H12N4O2.Li/c1-8-2-3-9(6-11(8)13(19)20)10-4-5-18-12(7-10)16-14(15)17-18;/h2-7H,1H3,(H2,15,17)(H,19,20);/q;+1/p-1. The molecule has 7 heteroatoms. The van der Waals surface area contributed by atoms with E-state index in [1.54, 1.807) is 35.8 Å². The van der Waals surface area contributed by atoms with Crippen LogP contribution in [0.4, 0.5) is 5.95 Å². The first-order valence-corrected chi connectivity index (χ1v) is 5.99. The molecular formula is C14H11LiN4O2. The van der Waals surface area contributed by atoms with E-state index in [9.17, 15) is 9.90 Å². The van der Waals surface area contributed by atoms with Crippen LogP contribution in [-0.2, 0) is 0 Å². The maximum absolute atomic E-state index is 11.1. The van der Waals surface area contributed by atoms with E-state index in [1.807, 2.05) is 12.1 Å². The number of carbonyl (C=O) groups is 1. The summed E-state index contributed by atoms with van der Waals surface area (Å²) in [6.07, 6.45) is 1.73. The van der Waals surface area contributed by atoms with Crippen LogP contribution in [0, 0.1) is 6.92 Å². The van der Waals surface area contributed by atoms with Gasteiger partial charge in [-0.3, -0.25) is 0 Å². The molecule has 0 unspecified atom stereocenters. The van der Waals surface area contributed by atoms with E-state index in [4.69, 9.17) is 5.73 Å². The van der Waals surface area contributed by atoms with E-state index in [0.29, 0.717) is 11.2 Å². The zero-order chi connectivity index (χ0) is 14.3. The molecule has 0 amide bonds. The third kappa shape index (κ3) is 2.77. The van der Waals surface area contributed by atoms with Gasteiger partial charge in [0.15, 0.2) is 5.65 Å². The van der Waals surface area contributed by atoms with Crippen LogP contribution >= 0.6 is 0 Å². The average molecular weight is 274 g/mol. The Balaban J connectivity index is 0.00000161. The molecule has 0 spiro atoms. The minimum atomic E-state index is -1.18. The van der Waals surface area contributed by atoms with Gasteiger partial charge in [0.2, 0.25) is 5.95 Å². The topological polar surface area (TPSA) is 96.3 Å². The Morgan fingerprint density at radius 2 is 1.95 bits per heavy atom. The van der Waals surface area contributed by atoms with Gasteiger partial charge in [-0.1, -0.05) is 12.1 Å². The Labute approximate surface area is 132 Å². The van der Waals surface area contributed by atoms with Crippen molar-refractivity contribution in [1.82, 2.24) is 14.6 Å². The number of carbonyl (C=O) groups excluding carboxylic acids is 1. The van der Waals surface area contributed by atoms with E-state index in [0.717, 1.165) is 11.1 Å². The van der Waals surface area contributed by atoms with Gasteiger partial charge >= 0.3 is 18.9 Å². The van der Waals surface area contributed by atoms with Gasteiger partial charge in [-0.15, -0.1) is 5.10 Å². The first-order chi connectivity index (χ1) is 9.54. The fourth-order valence-corrected chi connectivity index (χ4v) is 2.10. The van der Waals surface area contributed by atoms with Crippen molar-refractivity contribution in [3.8, 4) is 11.1 Å². The quantitative estimate of drug-likeness (QED) is 0.528. The number of pyridine rings is 1. The summed E-state index contributed by atoms with van der Waals surface area (Å²) in [4.78, 5) is 15.1. The van der Waals surface area contributed by atoms with Gasteiger partial charge in [0.1, 0.15) is 0 Å².